The molecule has 0 aliphatic heterocycles. The summed E-state index contributed by atoms with van der Waals surface area (Å²) in [5.41, 5.74) is 0.542. The third kappa shape index (κ3) is 3.85. The van der Waals surface area contributed by atoms with Crippen molar-refractivity contribution in [2.45, 2.75) is 6.54 Å². The largest absolute Gasteiger partial charge is 0.465 e. The fourth-order valence-corrected chi connectivity index (χ4v) is 2.80. The van der Waals surface area contributed by atoms with Gasteiger partial charge in [-0.2, -0.15) is 5.10 Å². The molecule has 144 valence electrons. The van der Waals surface area contributed by atoms with Gasteiger partial charge in [0.05, 0.1) is 18.1 Å². The van der Waals surface area contributed by atoms with E-state index in [4.69, 9.17) is 0 Å². The lowest BCUT2D eigenvalue weighted by Gasteiger charge is -2.16. The Morgan fingerprint density at radius 2 is 1.71 bits per heavy atom. The fraction of sp³-hybridized carbons (Fsp3) is 0.200. The Kier molecular flexibility index (Phi) is 5.39. The van der Waals surface area contributed by atoms with Crippen molar-refractivity contribution in [1.29, 1.82) is 0 Å². The lowest BCUT2D eigenvalue weighted by molar-refractivity contribution is -0.117. The Bertz CT molecular complexity index is 1090. The van der Waals surface area contributed by atoms with Crippen LogP contribution in [0.5, 0.6) is 0 Å². The number of anilines is 2. The van der Waals surface area contributed by atoms with Crippen molar-refractivity contribution in [3.05, 3.63) is 64.4 Å². The molecule has 3 aromatic rings. The molecule has 0 aliphatic rings. The first-order valence-electron chi connectivity index (χ1n) is 8.56. The highest BCUT2D eigenvalue weighted by Crippen LogP contribution is 2.19. The summed E-state index contributed by atoms with van der Waals surface area (Å²) in [6, 6.07) is 13.4. The van der Waals surface area contributed by atoms with Gasteiger partial charge >= 0.3 is 5.97 Å². The van der Waals surface area contributed by atoms with Gasteiger partial charge in [-0.3, -0.25) is 9.59 Å². The first-order chi connectivity index (χ1) is 13.4. The van der Waals surface area contributed by atoms with Crippen LogP contribution in [0.2, 0.25) is 0 Å². The molecule has 0 radical (unpaired) electrons. The number of nitrogens with zero attached hydrogens (tertiary/aromatic N) is 3. The molecule has 0 unspecified atom stereocenters. The van der Waals surface area contributed by atoms with Gasteiger partial charge < -0.3 is 15.0 Å². The van der Waals surface area contributed by atoms with Crippen LogP contribution in [0.4, 0.5) is 11.5 Å². The van der Waals surface area contributed by atoms with E-state index in [0.717, 1.165) is 10.1 Å². The normalized spacial score (nSPS) is 10.5. The minimum atomic E-state index is -0.457. The van der Waals surface area contributed by atoms with Gasteiger partial charge in [0.2, 0.25) is 5.91 Å². The Morgan fingerprint density at radius 3 is 2.32 bits per heavy atom. The van der Waals surface area contributed by atoms with E-state index >= 15 is 0 Å². The van der Waals surface area contributed by atoms with Gasteiger partial charge in [-0.05, 0) is 30.3 Å². The summed E-state index contributed by atoms with van der Waals surface area (Å²) in [6.07, 6.45) is 0. The standard InChI is InChI=1S/C20H20N4O4/c1-23(2)18-15-6-4-5-7-16(15)19(26)24(22-18)12-17(25)21-14-10-8-13(9-11-14)20(27)28-3/h4-11H,12H2,1-3H3,(H,21,25). The molecule has 28 heavy (non-hydrogen) atoms. The van der Waals surface area contributed by atoms with Gasteiger partial charge in [-0.15, -0.1) is 0 Å². The number of amides is 1. The molecule has 1 amide bonds. The number of carbonyl (C=O) groups excluding carboxylic acids is 2. The molecular weight excluding hydrogens is 360 g/mol. The topological polar surface area (TPSA) is 93.5 Å². The van der Waals surface area contributed by atoms with Crippen LogP contribution >= 0.6 is 0 Å². The first kappa shape index (κ1) is 19.1. The highest BCUT2D eigenvalue weighted by Gasteiger charge is 2.14. The van der Waals surface area contributed by atoms with Gasteiger partial charge in [0.1, 0.15) is 6.54 Å². The van der Waals surface area contributed by atoms with Crippen LogP contribution in [0.3, 0.4) is 0 Å². The van der Waals surface area contributed by atoms with Gasteiger partial charge in [-0.25, -0.2) is 9.48 Å². The lowest BCUT2D eigenvalue weighted by atomic mass is 10.2. The monoisotopic (exact) mass is 380 g/mol. The van der Waals surface area contributed by atoms with Crippen molar-refractivity contribution >= 4 is 34.2 Å². The molecule has 0 aliphatic carbocycles. The number of hydrogen-bond acceptors (Lipinski definition) is 6. The van der Waals surface area contributed by atoms with Gasteiger partial charge in [-0.1, -0.05) is 18.2 Å². The number of aromatic nitrogens is 2. The molecule has 1 N–H and O–H groups in total. The number of benzene rings is 2. The van der Waals surface area contributed by atoms with Gasteiger partial charge in [0, 0.05) is 25.2 Å². The van der Waals surface area contributed by atoms with E-state index in [0.29, 0.717) is 22.5 Å². The SMILES string of the molecule is COC(=O)c1ccc(NC(=O)Cn2nc(N(C)C)c3ccccc3c2=O)cc1. The van der Waals surface area contributed by atoms with E-state index in [-0.39, 0.29) is 12.1 Å². The lowest BCUT2D eigenvalue weighted by Crippen LogP contribution is -2.31. The van der Waals surface area contributed by atoms with Crippen LogP contribution in [0.15, 0.2) is 53.3 Å². The van der Waals surface area contributed by atoms with Crippen molar-refractivity contribution in [2.24, 2.45) is 0 Å². The number of methoxy groups -OCH3 is 1. The second-order valence-corrected chi connectivity index (χ2v) is 6.34. The maximum absolute atomic E-state index is 12.7. The molecule has 1 aromatic heterocycles. The van der Waals surface area contributed by atoms with Crippen LogP contribution in [0, 0.1) is 0 Å². The zero-order chi connectivity index (χ0) is 20.3. The Labute approximate surface area is 161 Å². The average molecular weight is 380 g/mol. The summed E-state index contributed by atoms with van der Waals surface area (Å²) >= 11 is 0. The van der Waals surface area contributed by atoms with Crippen molar-refractivity contribution < 1.29 is 14.3 Å². The molecule has 8 nitrogen and oxygen atoms in total. The molecule has 2 aromatic carbocycles. The molecule has 8 heteroatoms. The number of carbonyl (C=O) groups is 2. The molecule has 1 heterocycles. The Balaban J connectivity index is 1.84. The highest BCUT2D eigenvalue weighted by atomic mass is 16.5. The summed E-state index contributed by atoms with van der Waals surface area (Å²) in [4.78, 5) is 38.4. The van der Waals surface area contributed by atoms with Crippen molar-refractivity contribution in [3.63, 3.8) is 0 Å². The summed E-state index contributed by atoms with van der Waals surface area (Å²) < 4.78 is 5.79. The van der Waals surface area contributed by atoms with E-state index in [1.54, 1.807) is 41.3 Å². The number of esters is 1. The van der Waals surface area contributed by atoms with Crippen LogP contribution in [-0.2, 0) is 16.1 Å². The third-order valence-corrected chi connectivity index (χ3v) is 4.15. The number of rotatable bonds is 5. The van der Waals surface area contributed by atoms with E-state index in [2.05, 4.69) is 15.2 Å². The number of ether oxygens (including phenoxy) is 1. The minimum absolute atomic E-state index is 0.233. The molecular formula is C20H20N4O4. The average Bonchev–Trinajstić information content (AvgIpc) is 2.70. The molecule has 0 atom stereocenters. The minimum Gasteiger partial charge on any atom is -0.465 e. The van der Waals surface area contributed by atoms with Gasteiger partial charge in [0.25, 0.3) is 5.56 Å². The molecule has 0 saturated carbocycles. The third-order valence-electron chi connectivity index (χ3n) is 4.15. The fourth-order valence-electron chi connectivity index (χ4n) is 2.80. The van der Waals surface area contributed by atoms with E-state index < -0.39 is 11.9 Å². The molecule has 3 rings (SSSR count). The van der Waals surface area contributed by atoms with Crippen molar-refractivity contribution in [2.75, 3.05) is 31.4 Å². The highest BCUT2D eigenvalue weighted by molar-refractivity contribution is 5.94. The molecule has 0 spiro atoms. The van der Waals surface area contributed by atoms with E-state index in [1.807, 2.05) is 26.2 Å². The van der Waals surface area contributed by atoms with Crippen LogP contribution in [-0.4, -0.2) is 42.9 Å². The van der Waals surface area contributed by atoms with Gasteiger partial charge in [0.15, 0.2) is 5.82 Å². The predicted molar refractivity (Wildman–Crippen MR) is 107 cm³/mol. The quantitative estimate of drug-likeness (QED) is 0.680. The smallest absolute Gasteiger partial charge is 0.337 e. The van der Waals surface area contributed by atoms with Crippen molar-refractivity contribution in [1.82, 2.24) is 9.78 Å². The number of hydrogen-bond donors (Lipinski definition) is 1. The number of nitrogens with one attached hydrogen (secondary N) is 1. The second-order valence-electron chi connectivity index (χ2n) is 6.34. The van der Waals surface area contributed by atoms with Crippen LogP contribution in [0.1, 0.15) is 10.4 Å². The number of fused-ring (bicyclic) bond motifs is 1. The summed E-state index contributed by atoms with van der Waals surface area (Å²) in [5, 5.41) is 8.26. The zero-order valence-corrected chi connectivity index (χ0v) is 15.8. The Morgan fingerprint density at radius 1 is 1.07 bits per heavy atom. The van der Waals surface area contributed by atoms with E-state index in [9.17, 15) is 14.4 Å². The zero-order valence-electron chi connectivity index (χ0n) is 15.8. The second kappa shape index (κ2) is 7.91. The summed E-state index contributed by atoms with van der Waals surface area (Å²) in [6.45, 7) is -0.233. The Hall–Kier alpha value is -3.68. The molecule has 0 saturated heterocycles. The molecule has 0 bridgehead atoms. The first-order valence-corrected chi connectivity index (χ1v) is 8.56. The van der Waals surface area contributed by atoms with Crippen LogP contribution in [0.25, 0.3) is 10.8 Å². The summed E-state index contributed by atoms with van der Waals surface area (Å²) in [7, 11) is 4.95. The maximum atomic E-state index is 12.7. The van der Waals surface area contributed by atoms with Crippen molar-refractivity contribution in [3.8, 4) is 0 Å². The molecule has 0 fully saturated rings. The van der Waals surface area contributed by atoms with E-state index in [1.165, 1.54) is 7.11 Å². The van der Waals surface area contributed by atoms with Crippen LogP contribution < -0.4 is 15.8 Å². The maximum Gasteiger partial charge on any atom is 0.337 e. The predicted octanol–water partition coefficient (Wildman–Crippen LogP) is 1.89. The summed E-state index contributed by atoms with van der Waals surface area (Å²) in [5.74, 6) is -0.258.